The van der Waals surface area contributed by atoms with Crippen molar-refractivity contribution in [3.63, 3.8) is 0 Å². The third-order valence-corrected chi connectivity index (χ3v) is 5.83. The van der Waals surface area contributed by atoms with Crippen LogP contribution in [0, 0.1) is 0 Å². The molecule has 158 valence electrons. The first-order valence-electron chi connectivity index (χ1n) is 10.0. The molecule has 1 aromatic heterocycles. The molecule has 30 heavy (non-hydrogen) atoms. The van der Waals surface area contributed by atoms with Crippen LogP contribution in [0.2, 0.25) is 10.0 Å². The van der Waals surface area contributed by atoms with E-state index in [9.17, 15) is 0 Å². The number of hydrogen-bond donors (Lipinski definition) is 1. The number of nitrogens with zero attached hydrogens (tertiary/aromatic N) is 4. The number of hydrogen-bond acceptors (Lipinski definition) is 6. The maximum atomic E-state index is 6.34. The number of methoxy groups -OCH3 is 1. The summed E-state index contributed by atoms with van der Waals surface area (Å²) < 4.78 is 5.17. The monoisotopic (exact) mass is 445 g/mol. The summed E-state index contributed by atoms with van der Waals surface area (Å²) in [4.78, 5) is 14.4. The number of anilines is 2. The lowest BCUT2D eigenvalue weighted by molar-refractivity contribution is 0.210. The lowest BCUT2D eigenvalue weighted by Crippen LogP contribution is -2.46. The summed E-state index contributed by atoms with van der Waals surface area (Å²) in [5, 5.41) is 4.85. The molecule has 0 atom stereocenters. The zero-order valence-electron chi connectivity index (χ0n) is 16.9. The molecule has 0 amide bonds. The number of ether oxygens (including phenoxy) is 1. The lowest BCUT2D eigenvalue weighted by atomic mass is 10.2. The van der Waals surface area contributed by atoms with Crippen LogP contribution in [0.5, 0.6) is 0 Å². The van der Waals surface area contributed by atoms with Gasteiger partial charge in [0.2, 0.25) is 0 Å². The number of nitrogens with one attached hydrogen (secondary N) is 1. The number of aromatic nitrogens is 2. The number of fused-ring (bicyclic) bond motifs is 1. The van der Waals surface area contributed by atoms with Gasteiger partial charge in [0.1, 0.15) is 0 Å². The van der Waals surface area contributed by atoms with Crippen LogP contribution in [0.15, 0.2) is 42.5 Å². The Morgan fingerprint density at radius 1 is 1.00 bits per heavy atom. The van der Waals surface area contributed by atoms with E-state index in [4.69, 9.17) is 37.9 Å². The molecule has 0 bridgehead atoms. The molecule has 1 aliphatic heterocycles. The molecule has 2 heterocycles. The highest BCUT2D eigenvalue weighted by Crippen LogP contribution is 2.27. The number of para-hydroxylation sites is 2. The number of halogens is 2. The van der Waals surface area contributed by atoms with E-state index in [1.54, 1.807) is 7.11 Å². The highest BCUT2D eigenvalue weighted by molar-refractivity contribution is 6.33. The smallest absolute Gasteiger partial charge is 0.172 e. The second kappa shape index (κ2) is 9.79. The van der Waals surface area contributed by atoms with Crippen molar-refractivity contribution in [3.05, 3.63) is 58.1 Å². The molecular weight excluding hydrogens is 421 g/mol. The second-order valence-corrected chi connectivity index (χ2v) is 8.15. The Kier molecular flexibility index (Phi) is 6.89. The van der Waals surface area contributed by atoms with E-state index in [2.05, 4.69) is 15.1 Å². The topological polar surface area (TPSA) is 53.5 Å². The summed E-state index contributed by atoms with van der Waals surface area (Å²) in [5.74, 6) is 1.70. The fraction of sp³-hybridized carbons (Fsp3) is 0.364. The van der Waals surface area contributed by atoms with Crippen molar-refractivity contribution in [2.45, 2.75) is 6.54 Å². The maximum Gasteiger partial charge on any atom is 0.172 e. The van der Waals surface area contributed by atoms with Crippen molar-refractivity contribution in [2.24, 2.45) is 0 Å². The summed E-state index contributed by atoms with van der Waals surface area (Å²) in [5.41, 5.74) is 2.85. The van der Waals surface area contributed by atoms with Crippen molar-refractivity contribution in [1.29, 1.82) is 0 Å². The van der Waals surface area contributed by atoms with Crippen molar-refractivity contribution in [3.8, 4) is 0 Å². The molecule has 0 aliphatic carbocycles. The first-order chi connectivity index (χ1) is 14.6. The molecule has 1 aliphatic rings. The Morgan fingerprint density at radius 3 is 2.47 bits per heavy atom. The van der Waals surface area contributed by atoms with Gasteiger partial charge in [-0.1, -0.05) is 35.3 Å². The van der Waals surface area contributed by atoms with Gasteiger partial charge in [-0.3, -0.25) is 4.90 Å². The van der Waals surface area contributed by atoms with Crippen LogP contribution in [0.1, 0.15) is 5.56 Å². The van der Waals surface area contributed by atoms with Gasteiger partial charge in [-0.05, 0) is 35.9 Å². The van der Waals surface area contributed by atoms with E-state index in [0.717, 1.165) is 66.0 Å². The summed E-state index contributed by atoms with van der Waals surface area (Å²) in [6.45, 7) is 5.64. The van der Waals surface area contributed by atoms with Crippen molar-refractivity contribution in [2.75, 3.05) is 56.7 Å². The predicted molar refractivity (Wildman–Crippen MR) is 124 cm³/mol. The fourth-order valence-corrected chi connectivity index (χ4v) is 4.00. The summed E-state index contributed by atoms with van der Waals surface area (Å²) >= 11 is 12.5. The quantitative estimate of drug-likeness (QED) is 0.546. The highest BCUT2D eigenvalue weighted by Gasteiger charge is 2.22. The molecule has 2 aromatic carbocycles. The van der Waals surface area contributed by atoms with Crippen molar-refractivity contribution >= 4 is 45.9 Å². The van der Waals surface area contributed by atoms with E-state index in [1.807, 2.05) is 42.5 Å². The maximum absolute atomic E-state index is 6.34. The van der Waals surface area contributed by atoms with Gasteiger partial charge in [0.15, 0.2) is 11.6 Å². The first-order valence-corrected chi connectivity index (χ1v) is 10.8. The molecule has 1 fully saturated rings. The lowest BCUT2D eigenvalue weighted by Gasteiger charge is -2.36. The number of benzene rings is 2. The third kappa shape index (κ3) is 4.95. The van der Waals surface area contributed by atoms with E-state index in [-0.39, 0.29) is 0 Å². The van der Waals surface area contributed by atoms with Crippen molar-refractivity contribution < 1.29 is 4.74 Å². The number of rotatable bonds is 7. The average Bonchev–Trinajstić information content (AvgIpc) is 2.76. The second-order valence-electron chi connectivity index (χ2n) is 7.30. The zero-order chi connectivity index (χ0) is 20.9. The standard InChI is InChI=1S/C22H25Cl2N5O/c1-30-13-8-25-21-22(27-20-5-3-2-4-19(20)26-21)29-11-9-28(10-12-29)15-16-14-17(23)6-7-18(16)24/h2-7,14H,8-13,15H2,1H3,(H,25,26). The number of piperazine rings is 1. The van der Waals surface area contributed by atoms with Crippen LogP contribution >= 0.6 is 23.2 Å². The van der Waals surface area contributed by atoms with Crippen LogP contribution in [0.25, 0.3) is 11.0 Å². The minimum atomic E-state index is 0.613. The Bertz CT molecular complexity index is 1010. The van der Waals surface area contributed by atoms with E-state index < -0.39 is 0 Å². The summed E-state index contributed by atoms with van der Waals surface area (Å²) in [7, 11) is 1.69. The van der Waals surface area contributed by atoms with Gasteiger partial charge < -0.3 is 15.0 Å². The average molecular weight is 446 g/mol. The normalized spacial score (nSPS) is 15.0. The molecule has 0 saturated carbocycles. The summed E-state index contributed by atoms with van der Waals surface area (Å²) in [6.07, 6.45) is 0. The van der Waals surface area contributed by atoms with Crippen LogP contribution in [-0.2, 0) is 11.3 Å². The molecule has 0 radical (unpaired) electrons. The third-order valence-electron chi connectivity index (χ3n) is 5.22. The van der Waals surface area contributed by atoms with Gasteiger partial charge in [0.25, 0.3) is 0 Å². The minimum Gasteiger partial charge on any atom is -0.383 e. The van der Waals surface area contributed by atoms with Gasteiger partial charge in [-0.2, -0.15) is 0 Å². The van der Waals surface area contributed by atoms with E-state index in [0.29, 0.717) is 18.2 Å². The minimum absolute atomic E-state index is 0.613. The summed E-state index contributed by atoms with van der Waals surface area (Å²) in [6, 6.07) is 13.6. The van der Waals surface area contributed by atoms with E-state index >= 15 is 0 Å². The molecule has 0 unspecified atom stereocenters. The first kappa shape index (κ1) is 21.1. The molecule has 0 spiro atoms. The van der Waals surface area contributed by atoms with Crippen LogP contribution in [0.4, 0.5) is 11.6 Å². The van der Waals surface area contributed by atoms with Crippen LogP contribution in [-0.4, -0.2) is 61.3 Å². The SMILES string of the molecule is COCCNc1nc2ccccc2nc1N1CCN(Cc2cc(Cl)ccc2Cl)CC1. The van der Waals surface area contributed by atoms with Gasteiger partial charge >= 0.3 is 0 Å². The van der Waals surface area contributed by atoms with Gasteiger partial charge in [-0.15, -0.1) is 0 Å². The molecule has 1 N–H and O–H groups in total. The predicted octanol–water partition coefficient (Wildman–Crippen LogP) is 4.32. The fourth-order valence-electron chi connectivity index (χ4n) is 3.62. The molecule has 8 heteroatoms. The largest absolute Gasteiger partial charge is 0.383 e. The molecule has 1 saturated heterocycles. The Balaban J connectivity index is 1.49. The van der Waals surface area contributed by atoms with Crippen LogP contribution < -0.4 is 10.2 Å². The highest BCUT2D eigenvalue weighted by atomic mass is 35.5. The molecule has 4 rings (SSSR count). The Hall–Kier alpha value is -2.12. The molecule has 3 aromatic rings. The van der Waals surface area contributed by atoms with E-state index in [1.165, 1.54) is 0 Å². The van der Waals surface area contributed by atoms with Gasteiger partial charge in [0.05, 0.1) is 17.6 Å². The Morgan fingerprint density at radius 2 is 1.73 bits per heavy atom. The van der Waals surface area contributed by atoms with Gasteiger partial charge in [-0.25, -0.2) is 9.97 Å². The molecule has 6 nitrogen and oxygen atoms in total. The van der Waals surface area contributed by atoms with Crippen molar-refractivity contribution in [1.82, 2.24) is 14.9 Å². The van der Waals surface area contributed by atoms with Crippen LogP contribution in [0.3, 0.4) is 0 Å². The molecular formula is C22H25Cl2N5O. The Labute approximate surface area is 186 Å². The zero-order valence-corrected chi connectivity index (χ0v) is 18.5. The van der Waals surface area contributed by atoms with Gasteiger partial charge in [0, 0.05) is 56.4 Å².